The van der Waals surface area contributed by atoms with Crippen LogP contribution in [0.3, 0.4) is 0 Å². The highest BCUT2D eigenvalue weighted by Gasteiger charge is 2.46. The summed E-state index contributed by atoms with van der Waals surface area (Å²) in [6.45, 7) is 1.71. The van der Waals surface area contributed by atoms with Crippen LogP contribution in [-0.4, -0.2) is 33.7 Å². The molecule has 0 bridgehead atoms. The number of amides is 1. The summed E-state index contributed by atoms with van der Waals surface area (Å²) in [5.74, 6) is 0.947. The molecule has 1 amide bonds. The van der Waals surface area contributed by atoms with Gasteiger partial charge < -0.3 is 4.90 Å². The zero-order valence-corrected chi connectivity index (χ0v) is 13.9. The molecule has 1 aliphatic carbocycles. The van der Waals surface area contributed by atoms with E-state index in [0.29, 0.717) is 5.92 Å². The van der Waals surface area contributed by atoms with Crippen LogP contribution < -0.4 is 0 Å². The van der Waals surface area contributed by atoms with Crippen LogP contribution in [0.5, 0.6) is 0 Å². The number of hydrogen-bond donors (Lipinski definition) is 0. The number of aromatic nitrogens is 2. The molecule has 3 atom stereocenters. The lowest BCUT2D eigenvalue weighted by Gasteiger charge is -2.16. The molecule has 2 fully saturated rings. The highest BCUT2D eigenvalue weighted by Crippen LogP contribution is 2.48. The number of halogens is 1. The van der Waals surface area contributed by atoms with Gasteiger partial charge in [0.2, 0.25) is 5.91 Å². The molecule has 0 unspecified atom stereocenters. The highest BCUT2D eigenvalue weighted by atomic mass is 19.1. The van der Waals surface area contributed by atoms with Crippen molar-refractivity contribution in [3.63, 3.8) is 0 Å². The number of carbonyl (C=O) groups excluding carboxylic acids is 1. The summed E-state index contributed by atoms with van der Waals surface area (Å²) in [5.41, 5.74) is 2.33. The zero-order valence-electron chi connectivity index (χ0n) is 13.9. The Balaban J connectivity index is 1.32. The largest absolute Gasteiger partial charge is 0.342 e. The zero-order chi connectivity index (χ0) is 16.7. The Hall–Kier alpha value is -2.17. The van der Waals surface area contributed by atoms with Gasteiger partial charge in [0.25, 0.3) is 0 Å². The Morgan fingerprint density at radius 1 is 1.33 bits per heavy atom. The first-order chi connectivity index (χ1) is 11.6. The number of aryl methyl sites for hydroxylation is 1. The van der Waals surface area contributed by atoms with E-state index in [1.807, 2.05) is 35.0 Å². The molecule has 0 spiro atoms. The van der Waals surface area contributed by atoms with Crippen LogP contribution >= 0.6 is 0 Å². The van der Waals surface area contributed by atoms with Gasteiger partial charge in [0.05, 0.1) is 6.20 Å². The first-order valence-electron chi connectivity index (χ1n) is 8.62. The lowest BCUT2D eigenvalue weighted by Crippen LogP contribution is -2.30. The van der Waals surface area contributed by atoms with Crippen molar-refractivity contribution in [2.45, 2.75) is 25.2 Å². The number of rotatable bonds is 4. The fourth-order valence-corrected chi connectivity index (χ4v) is 3.89. The maximum atomic E-state index is 13.0. The van der Waals surface area contributed by atoms with E-state index in [-0.39, 0.29) is 23.6 Å². The maximum Gasteiger partial charge on any atom is 0.226 e. The molecule has 1 aliphatic heterocycles. The van der Waals surface area contributed by atoms with E-state index < -0.39 is 0 Å². The smallest absolute Gasteiger partial charge is 0.226 e. The van der Waals surface area contributed by atoms with E-state index in [1.54, 1.807) is 0 Å². The minimum atomic E-state index is -0.222. The van der Waals surface area contributed by atoms with Crippen molar-refractivity contribution in [3.05, 3.63) is 53.6 Å². The van der Waals surface area contributed by atoms with Gasteiger partial charge in [0, 0.05) is 32.3 Å². The van der Waals surface area contributed by atoms with Gasteiger partial charge >= 0.3 is 0 Å². The van der Waals surface area contributed by atoms with Gasteiger partial charge in [-0.25, -0.2) is 4.39 Å². The molecule has 2 aliphatic rings. The number of likely N-dealkylation sites (tertiary alicyclic amines) is 1. The fourth-order valence-electron chi connectivity index (χ4n) is 3.89. The van der Waals surface area contributed by atoms with Gasteiger partial charge in [-0.2, -0.15) is 5.10 Å². The van der Waals surface area contributed by atoms with Crippen molar-refractivity contribution >= 4 is 5.91 Å². The Morgan fingerprint density at radius 2 is 2.12 bits per heavy atom. The second kappa shape index (κ2) is 6.04. The lowest BCUT2D eigenvalue weighted by atomic mass is 10.0. The Labute approximate surface area is 141 Å². The van der Waals surface area contributed by atoms with Crippen LogP contribution in [0.15, 0.2) is 36.7 Å². The molecule has 0 radical (unpaired) electrons. The standard InChI is InChI=1S/C19H22FN3O/c1-22-11-14(10-21-22)8-13-6-7-23(12-13)19(24)18-9-17(18)15-2-4-16(20)5-3-15/h2-5,10-11,13,17-18H,6-9,12H2,1H3/t13-,17-,18+/m0/s1. The van der Waals surface area contributed by atoms with E-state index in [1.165, 1.54) is 17.7 Å². The topological polar surface area (TPSA) is 38.1 Å². The second-order valence-electron chi connectivity index (χ2n) is 7.17. The monoisotopic (exact) mass is 327 g/mol. The summed E-state index contributed by atoms with van der Waals surface area (Å²) in [4.78, 5) is 14.7. The van der Waals surface area contributed by atoms with Crippen molar-refractivity contribution in [3.8, 4) is 0 Å². The maximum absolute atomic E-state index is 13.0. The predicted molar refractivity (Wildman–Crippen MR) is 88.8 cm³/mol. The van der Waals surface area contributed by atoms with Crippen LogP contribution in [0.25, 0.3) is 0 Å². The quantitative estimate of drug-likeness (QED) is 0.866. The van der Waals surface area contributed by atoms with Gasteiger partial charge in [-0.15, -0.1) is 0 Å². The van der Waals surface area contributed by atoms with Crippen molar-refractivity contribution in [1.29, 1.82) is 0 Å². The highest BCUT2D eigenvalue weighted by molar-refractivity contribution is 5.83. The summed E-state index contributed by atoms with van der Waals surface area (Å²) in [5, 5.41) is 4.21. The molecule has 4 rings (SSSR count). The van der Waals surface area contributed by atoms with Crippen molar-refractivity contribution in [2.75, 3.05) is 13.1 Å². The molecule has 2 heterocycles. The number of benzene rings is 1. The minimum Gasteiger partial charge on any atom is -0.342 e. The number of hydrogen-bond acceptors (Lipinski definition) is 2. The average Bonchev–Trinajstić information content (AvgIpc) is 3.05. The van der Waals surface area contributed by atoms with E-state index in [4.69, 9.17) is 0 Å². The van der Waals surface area contributed by atoms with Crippen LogP contribution in [0.2, 0.25) is 0 Å². The molecule has 126 valence electrons. The Bertz CT molecular complexity index is 739. The molecule has 5 heteroatoms. The van der Waals surface area contributed by atoms with Crippen molar-refractivity contribution in [1.82, 2.24) is 14.7 Å². The second-order valence-corrected chi connectivity index (χ2v) is 7.17. The van der Waals surface area contributed by atoms with Crippen LogP contribution in [-0.2, 0) is 18.3 Å². The SMILES string of the molecule is Cn1cc(C[C@@H]2CCN(C(=O)[C@@H]3C[C@H]3c3ccc(F)cc3)C2)cn1. The molecule has 1 aromatic heterocycles. The fraction of sp³-hybridized carbons (Fsp3) is 0.474. The van der Waals surface area contributed by atoms with Gasteiger partial charge in [-0.1, -0.05) is 12.1 Å². The van der Waals surface area contributed by atoms with Gasteiger partial charge in [-0.05, 0) is 54.4 Å². The molecule has 0 N–H and O–H groups in total. The van der Waals surface area contributed by atoms with Gasteiger partial charge in [0.15, 0.2) is 0 Å². The Morgan fingerprint density at radius 3 is 2.83 bits per heavy atom. The minimum absolute atomic E-state index is 0.0904. The first kappa shape index (κ1) is 15.4. The van der Waals surface area contributed by atoms with Crippen molar-refractivity contribution in [2.24, 2.45) is 18.9 Å². The third-order valence-corrected chi connectivity index (χ3v) is 5.29. The van der Waals surface area contributed by atoms with Gasteiger partial charge in [0.1, 0.15) is 5.82 Å². The summed E-state index contributed by atoms with van der Waals surface area (Å²) in [6.07, 6.45) is 6.92. The number of carbonyl (C=O) groups is 1. The average molecular weight is 327 g/mol. The predicted octanol–water partition coefficient (Wildman–Crippen LogP) is 2.75. The summed E-state index contributed by atoms with van der Waals surface area (Å²) < 4.78 is 14.8. The normalized spacial score (nSPS) is 25.9. The van der Waals surface area contributed by atoms with E-state index in [2.05, 4.69) is 11.3 Å². The molecule has 1 saturated heterocycles. The molecule has 24 heavy (non-hydrogen) atoms. The molecular weight excluding hydrogens is 305 g/mol. The van der Waals surface area contributed by atoms with E-state index >= 15 is 0 Å². The van der Waals surface area contributed by atoms with E-state index in [9.17, 15) is 9.18 Å². The molecule has 1 saturated carbocycles. The van der Waals surface area contributed by atoms with Crippen LogP contribution in [0.1, 0.15) is 29.9 Å². The summed E-state index contributed by atoms with van der Waals surface area (Å²) in [6, 6.07) is 6.58. The van der Waals surface area contributed by atoms with Crippen LogP contribution in [0, 0.1) is 17.7 Å². The molecule has 2 aromatic rings. The van der Waals surface area contributed by atoms with Crippen molar-refractivity contribution < 1.29 is 9.18 Å². The lowest BCUT2D eigenvalue weighted by molar-refractivity contribution is -0.131. The van der Waals surface area contributed by atoms with Crippen LogP contribution in [0.4, 0.5) is 4.39 Å². The Kier molecular flexibility index (Phi) is 3.87. The van der Waals surface area contributed by atoms with Gasteiger partial charge in [-0.3, -0.25) is 9.48 Å². The summed E-state index contributed by atoms with van der Waals surface area (Å²) in [7, 11) is 1.93. The molecule has 1 aromatic carbocycles. The summed E-state index contributed by atoms with van der Waals surface area (Å²) >= 11 is 0. The molecular formula is C19H22FN3O. The third-order valence-electron chi connectivity index (χ3n) is 5.29. The first-order valence-corrected chi connectivity index (χ1v) is 8.62. The molecule has 4 nitrogen and oxygen atoms in total. The third kappa shape index (κ3) is 3.07. The number of nitrogens with zero attached hydrogens (tertiary/aromatic N) is 3. The van der Waals surface area contributed by atoms with E-state index in [0.717, 1.165) is 37.9 Å².